The highest BCUT2D eigenvalue weighted by Gasteiger charge is 2.21. The summed E-state index contributed by atoms with van der Waals surface area (Å²) in [7, 11) is 0. The lowest BCUT2D eigenvalue weighted by atomic mass is 10.0. The first kappa shape index (κ1) is 11.3. The number of aromatic amines is 1. The van der Waals surface area contributed by atoms with E-state index in [0.717, 1.165) is 16.6 Å². The molecule has 2 heterocycles. The summed E-state index contributed by atoms with van der Waals surface area (Å²) in [5.41, 5.74) is 3.67. The van der Waals surface area contributed by atoms with Crippen molar-refractivity contribution in [3.05, 3.63) is 54.1 Å². The number of fused-ring (bicyclic) bond motifs is 2. The normalized spacial score (nSPS) is 17.4. The van der Waals surface area contributed by atoms with E-state index in [-0.39, 0.29) is 11.9 Å². The zero-order valence-corrected chi connectivity index (χ0v) is 10.6. The number of hydrogen-bond donors (Lipinski definition) is 2. The summed E-state index contributed by atoms with van der Waals surface area (Å²) < 4.78 is 19.0. The van der Waals surface area contributed by atoms with Crippen LogP contribution in [-0.2, 0) is 0 Å². The molecule has 0 saturated heterocycles. The van der Waals surface area contributed by atoms with E-state index in [4.69, 9.17) is 4.74 Å². The highest BCUT2D eigenvalue weighted by Crippen LogP contribution is 2.34. The molecule has 0 fully saturated rings. The van der Waals surface area contributed by atoms with Gasteiger partial charge >= 0.3 is 0 Å². The number of aromatic nitrogens is 2. The van der Waals surface area contributed by atoms with Crippen LogP contribution in [0, 0.1) is 5.82 Å². The van der Waals surface area contributed by atoms with Crippen molar-refractivity contribution in [2.75, 3.05) is 11.9 Å². The number of anilines is 1. The number of hydrogen-bond acceptors (Lipinski definition) is 3. The second-order valence-electron chi connectivity index (χ2n) is 4.83. The van der Waals surface area contributed by atoms with Gasteiger partial charge in [0, 0.05) is 6.07 Å². The molecule has 1 aliphatic rings. The number of halogens is 1. The molecule has 4 nitrogen and oxygen atoms in total. The Hall–Kier alpha value is -2.56. The first-order valence-electron chi connectivity index (χ1n) is 6.41. The maximum absolute atomic E-state index is 13.3. The molecule has 3 aromatic rings. The predicted octanol–water partition coefficient (Wildman–Crippen LogP) is 3.25. The Balaban J connectivity index is 1.69. The maximum Gasteiger partial charge on any atom is 0.142 e. The first-order chi connectivity index (χ1) is 9.79. The number of imidazole rings is 1. The van der Waals surface area contributed by atoms with Gasteiger partial charge in [-0.05, 0) is 29.8 Å². The Morgan fingerprint density at radius 1 is 1.20 bits per heavy atom. The van der Waals surface area contributed by atoms with Gasteiger partial charge in [0.2, 0.25) is 0 Å². The van der Waals surface area contributed by atoms with E-state index in [1.54, 1.807) is 12.4 Å². The minimum Gasteiger partial charge on any atom is -0.489 e. The van der Waals surface area contributed by atoms with Gasteiger partial charge in [0.25, 0.3) is 0 Å². The van der Waals surface area contributed by atoms with E-state index < -0.39 is 0 Å². The number of ether oxygens (including phenoxy) is 1. The predicted molar refractivity (Wildman–Crippen MR) is 74.4 cm³/mol. The summed E-state index contributed by atoms with van der Waals surface area (Å²) in [4.78, 5) is 7.28. The van der Waals surface area contributed by atoms with Gasteiger partial charge in [-0.2, -0.15) is 0 Å². The fourth-order valence-electron chi connectivity index (χ4n) is 2.49. The van der Waals surface area contributed by atoms with E-state index in [2.05, 4.69) is 15.3 Å². The molecule has 20 heavy (non-hydrogen) atoms. The van der Waals surface area contributed by atoms with E-state index in [1.165, 1.54) is 12.1 Å². The molecule has 100 valence electrons. The molecule has 1 aromatic heterocycles. The van der Waals surface area contributed by atoms with Crippen LogP contribution in [0.2, 0.25) is 0 Å². The third kappa shape index (κ3) is 1.79. The summed E-state index contributed by atoms with van der Waals surface area (Å²) in [6.07, 6.45) is 1.67. The summed E-state index contributed by atoms with van der Waals surface area (Å²) in [6, 6.07) is 10.5. The van der Waals surface area contributed by atoms with Crippen LogP contribution in [0.1, 0.15) is 11.6 Å². The minimum absolute atomic E-state index is 0.00278. The topological polar surface area (TPSA) is 49.9 Å². The van der Waals surface area contributed by atoms with Crippen molar-refractivity contribution in [1.29, 1.82) is 0 Å². The molecule has 0 saturated carbocycles. The van der Waals surface area contributed by atoms with Gasteiger partial charge in [-0.3, -0.25) is 0 Å². The minimum atomic E-state index is -0.274. The fraction of sp³-hybridized carbons (Fsp3) is 0.133. The molecule has 1 atom stereocenters. The van der Waals surface area contributed by atoms with Crippen LogP contribution < -0.4 is 10.1 Å². The van der Waals surface area contributed by atoms with E-state index >= 15 is 0 Å². The standard InChI is InChI=1S/C15H12FN3O/c16-10-2-4-15-13(6-10)19-14(7-20-15)9-1-3-11-12(5-9)18-8-17-11/h1-6,8,14,19H,7H2,(H,17,18). The lowest BCUT2D eigenvalue weighted by Crippen LogP contribution is -2.23. The molecule has 5 heteroatoms. The van der Waals surface area contributed by atoms with E-state index in [9.17, 15) is 4.39 Å². The zero-order valence-electron chi connectivity index (χ0n) is 10.6. The lowest BCUT2D eigenvalue weighted by Gasteiger charge is -2.27. The summed E-state index contributed by atoms with van der Waals surface area (Å²) in [6.45, 7) is 0.512. The molecule has 1 unspecified atom stereocenters. The van der Waals surface area contributed by atoms with Crippen molar-refractivity contribution >= 4 is 16.7 Å². The maximum atomic E-state index is 13.3. The van der Waals surface area contributed by atoms with Crippen LogP contribution in [0.5, 0.6) is 5.75 Å². The number of nitrogens with one attached hydrogen (secondary N) is 2. The fourth-order valence-corrected chi connectivity index (χ4v) is 2.49. The molecule has 2 N–H and O–H groups in total. The van der Waals surface area contributed by atoms with Crippen LogP contribution in [0.3, 0.4) is 0 Å². The SMILES string of the molecule is Fc1ccc2c(c1)NC(c1ccc3nc[nH]c3c1)CO2. The van der Waals surface area contributed by atoms with Gasteiger partial charge < -0.3 is 15.0 Å². The second-order valence-corrected chi connectivity index (χ2v) is 4.83. The van der Waals surface area contributed by atoms with E-state index in [1.807, 2.05) is 18.2 Å². The van der Waals surface area contributed by atoms with Crippen LogP contribution in [0.15, 0.2) is 42.7 Å². The largest absolute Gasteiger partial charge is 0.489 e. The Labute approximate surface area is 114 Å². The highest BCUT2D eigenvalue weighted by molar-refractivity contribution is 5.75. The van der Waals surface area contributed by atoms with Gasteiger partial charge in [-0.25, -0.2) is 9.37 Å². The molecule has 0 aliphatic carbocycles. The molecule has 0 amide bonds. The van der Waals surface area contributed by atoms with Crippen molar-refractivity contribution < 1.29 is 9.13 Å². The summed E-state index contributed by atoms with van der Waals surface area (Å²) >= 11 is 0. The van der Waals surface area contributed by atoms with Crippen molar-refractivity contribution in [3.8, 4) is 5.75 Å². The van der Waals surface area contributed by atoms with Gasteiger partial charge in [0.15, 0.2) is 0 Å². The molecule has 0 spiro atoms. The molecule has 1 aliphatic heterocycles. The Morgan fingerprint density at radius 3 is 3.10 bits per heavy atom. The molecule has 0 radical (unpaired) electrons. The van der Waals surface area contributed by atoms with Crippen LogP contribution in [0.25, 0.3) is 11.0 Å². The third-order valence-electron chi connectivity index (χ3n) is 3.52. The monoisotopic (exact) mass is 269 g/mol. The highest BCUT2D eigenvalue weighted by atomic mass is 19.1. The van der Waals surface area contributed by atoms with Crippen LogP contribution in [0.4, 0.5) is 10.1 Å². The first-order valence-corrected chi connectivity index (χ1v) is 6.41. The molecular weight excluding hydrogens is 257 g/mol. The smallest absolute Gasteiger partial charge is 0.142 e. The third-order valence-corrected chi connectivity index (χ3v) is 3.52. The average Bonchev–Trinajstić information content (AvgIpc) is 2.93. The number of H-pyrrole nitrogens is 1. The second kappa shape index (κ2) is 4.23. The number of nitrogens with zero attached hydrogens (tertiary/aromatic N) is 1. The van der Waals surface area contributed by atoms with Crippen molar-refractivity contribution in [2.24, 2.45) is 0 Å². The average molecular weight is 269 g/mol. The number of benzene rings is 2. The summed E-state index contributed by atoms with van der Waals surface area (Å²) in [5, 5.41) is 3.31. The Kier molecular flexibility index (Phi) is 2.39. The van der Waals surface area contributed by atoms with Crippen molar-refractivity contribution in [2.45, 2.75) is 6.04 Å². The Morgan fingerprint density at radius 2 is 2.15 bits per heavy atom. The molecule has 2 aromatic carbocycles. The van der Waals surface area contributed by atoms with Crippen molar-refractivity contribution in [3.63, 3.8) is 0 Å². The molecule has 0 bridgehead atoms. The number of rotatable bonds is 1. The zero-order chi connectivity index (χ0) is 13.5. The summed E-state index contributed by atoms with van der Waals surface area (Å²) in [5.74, 6) is 0.412. The van der Waals surface area contributed by atoms with Crippen LogP contribution in [-0.4, -0.2) is 16.6 Å². The van der Waals surface area contributed by atoms with Gasteiger partial charge in [0.1, 0.15) is 18.2 Å². The van der Waals surface area contributed by atoms with Gasteiger partial charge in [0.05, 0.1) is 29.1 Å². The van der Waals surface area contributed by atoms with E-state index in [0.29, 0.717) is 18.0 Å². The van der Waals surface area contributed by atoms with Gasteiger partial charge in [-0.15, -0.1) is 0 Å². The Bertz CT molecular complexity index is 784. The van der Waals surface area contributed by atoms with Gasteiger partial charge in [-0.1, -0.05) is 6.07 Å². The molecular formula is C15H12FN3O. The van der Waals surface area contributed by atoms with Crippen LogP contribution >= 0.6 is 0 Å². The quantitative estimate of drug-likeness (QED) is 0.713. The van der Waals surface area contributed by atoms with Crippen molar-refractivity contribution in [1.82, 2.24) is 9.97 Å². The molecule has 4 rings (SSSR count). The lowest BCUT2D eigenvalue weighted by molar-refractivity contribution is 0.286.